The SMILES string of the molecule is COC(=O)NC1(CO)CCC1. The Morgan fingerprint density at radius 1 is 1.73 bits per heavy atom. The number of carbonyl (C=O) groups is 1. The second-order valence-electron chi connectivity index (χ2n) is 2.91. The summed E-state index contributed by atoms with van der Waals surface area (Å²) in [5, 5.41) is 11.5. The monoisotopic (exact) mass is 159 g/mol. The molecule has 0 saturated heterocycles. The van der Waals surface area contributed by atoms with Gasteiger partial charge in [-0.2, -0.15) is 0 Å². The van der Waals surface area contributed by atoms with Gasteiger partial charge in [0.25, 0.3) is 0 Å². The molecule has 1 amide bonds. The largest absolute Gasteiger partial charge is 0.453 e. The lowest BCUT2D eigenvalue weighted by molar-refractivity contribution is 0.0783. The average Bonchev–Trinajstić information content (AvgIpc) is 1.96. The zero-order valence-electron chi connectivity index (χ0n) is 6.59. The van der Waals surface area contributed by atoms with E-state index in [-0.39, 0.29) is 12.1 Å². The van der Waals surface area contributed by atoms with Crippen molar-refractivity contribution >= 4 is 6.09 Å². The van der Waals surface area contributed by atoms with Crippen LogP contribution in [0.2, 0.25) is 0 Å². The molecule has 4 heteroatoms. The van der Waals surface area contributed by atoms with Crippen LogP contribution in [0.5, 0.6) is 0 Å². The zero-order chi connectivity index (χ0) is 8.32. The number of aliphatic hydroxyl groups is 1. The van der Waals surface area contributed by atoms with Crippen molar-refractivity contribution in [3.63, 3.8) is 0 Å². The van der Waals surface area contributed by atoms with Crippen molar-refractivity contribution in [2.24, 2.45) is 0 Å². The highest BCUT2D eigenvalue weighted by molar-refractivity contribution is 5.68. The maximum atomic E-state index is 10.7. The van der Waals surface area contributed by atoms with Crippen molar-refractivity contribution in [3.05, 3.63) is 0 Å². The van der Waals surface area contributed by atoms with E-state index in [1.54, 1.807) is 0 Å². The van der Waals surface area contributed by atoms with E-state index in [4.69, 9.17) is 5.11 Å². The van der Waals surface area contributed by atoms with Crippen LogP contribution in [0, 0.1) is 0 Å². The van der Waals surface area contributed by atoms with Gasteiger partial charge in [0, 0.05) is 0 Å². The van der Waals surface area contributed by atoms with E-state index in [1.807, 2.05) is 0 Å². The number of carbonyl (C=O) groups excluding carboxylic acids is 1. The quantitative estimate of drug-likeness (QED) is 0.607. The second-order valence-corrected chi connectivity index (χ2v) is 2.91. The van der Waals surface area contributed by atoms with Gasteiger partial charge < -0.3 is 15.2 Å². The lowest BCUT2D eigenvalue weighted by atomic mass is 9.77. The first-order chi connectivity index (χ1) is 5.22. The van der Waals surface area contributed by atoms with Crippen LogP contribution < -0.4 is 5.32 Å². The Hall–Kier alpha value is -0.770. The summed E-state index contributed by atoms with van der Waals surface area (Å²) in [4.78, 5) is 10.7. The molecule has 0 aromatic rings. The molecular weight excluding hydrogens is 146 g/mol. The van der Waals surface area contributed by atoms with Crippen molar-refractivity contribution in [1.82, 2.24) is 5.32 Å². The van der Waals surface area contributed by atoms with Crippen molar-refractivity contribution in [1.29, 1.82) is 0 Å². The van der Waals surface area contributed by atoms with E-state index in [9.17, 15) is 4.79 Å². The van der Waals surface area contributed by atoms with Crippen LogP contribution in [0.1, 0.15) is 19.3 Å². The fourth-order valence-corrected chi connectivity index (χ4v) is 1.19. The molecule has 1 aliphatic rings. The topological polar surface area (TPSA) is 58.6 Å². The van der Waals surface area contributed by atoms with Crippen LogP contribution in [0.15, 0.2) is 0 Å². The van der Waals surface area contributed by atoms with Crippen LogP contribution in [0.3, 0.4) is 0 Å². The Bertz CT molecular complexity index is 148. The molecule has 0 aromatic carbocycles. The summed E-state index contributed by atoms with van der Waals surface area (Å²) in [5.74, 6) is 0. The number of nitrogens with one attached hydrogen (secondary N) is 1. The van der Waals surface area contributed by atoms with E-state index < -0.39 is 6.09 Å². The summed E-state index contributed by atoms with van der Waals surface area (Å²) >= 11 is 0. The third-order valence-corrected chi connectivity index (χ3v) is 2.17. The summed E-state index contributed by atoms with van der Waals surface area (Å²) in [7, 11) is 1.32. The Kier molecular flexibility index (Phi) is 2.34. The van der Waals surface area contributed by atoms with E-state index in [0.717, 1.165) is 19.3 Å². The van der Waals surface area contributed by atoms with Crippen molar-refractivity contribution < 1.29 is 14.6 Å². The third kappa shape index (κ3) is 1.63. The Balaban J connectivity index is 2.38. The number of hydrogen-bond donors (Lipinski definition) is 2. The summed E-state index contributed by atoms with van der Waals surface area (Å²) in [6.07, 6.45) is 2.29. The fraction of sp³-hybridized carbons (Fsp3) is 0.857. The highest BCUT2D eigenvalue weighted by Crippen LogP contribution is 2.30. The maximum Gasteiger partial charge on any atom is 0.407 e. The molecule has 1 aliphatic carbocycles. The van der Waals surface area contributed by atoms with E-state index in [0.29, 0.717) is 0 Å². The summed E-state index contributed by atoms with van der Waals surface area (Å²) < 4.78 is 4.42. The molecule has 0 spiro atoms. The van der Waals surface area contributed by atoms with Gasteiger partial charge in [0.15, 0.2) is 0 Å². The van der Waals surface area contributed by atoms with Crippen LogP contribution in [0.4, 0.5) is 4.79 Å². The number of ether oxygens (including phenoxy) is 1. The summed E-state index contributed by atoms with van der Waals surface area (Å²) in [5.41, 5.74) is -0.382. The molecule has 1 fully saturated rings. The van der Waals surface area contributed by atoms with Gasteiger partial charge in [0.1, 0.15) is 0 Å². The van der Waals surface area contributed by atoms with Gasteiger partial charge in [-0.05, 0) is 19.3 Å². The highest BCUT2D eigenvalue weighted by Gasteiger charge is 2.37. The second kappa shape index (κ2) is 3.09. The molecule has 1 rings (SSSR count). The van der Waals surface area contributed by atoms with Gasteiger partial charge in [-0.25, -0.2) is 4.79 Å². The number of amides is 1. The standard InChI is InChI=1S/C7H13NO3/c1-11-6(10)8-7(5-9)3-2-4-7/h9H,2-5H2,1H3,(H,8,10). The molecule has 0 aromatic heterocycles. The fourth-order valence-electron chi connectivity index (χ4n) is 1.19. The predicted molar refractivity (Wildman–Crippen MR) is 39.2 cm³/mol. The minimum Gasteiger partial charge on any atom is -0.453 e. The maximum absolute atomic E-state index is 10.7. The predicted octanol–water partition coefficient (Wildman–Crippen LogP) is 0.257. The molecular formula is C7H13NO3. The molecule has 2 N–H and O–H groups in total. The molecule has 0 unspecified atom stereocenters. The van der Waals surface area contributed by atoms with Gasteiger partial charge >= 0.3 is 6.09 Å². The lowest BCUT2D eigenvalue weighted by Gasteiger charge is -2.40. The molecule has 0 atom stereocenters. The van der Waals surface area contributed by atoms with Crippen molar-refractivity contribution in [2.45, 2.75) is 24.8 Å². The number of alkyl carbamates (subject to hydrolysis) is 1. The molecule has 4 nitrogen and oxygen atoms in total. The van der Waals surface area contributed by atoms with E-state index in [2.05, 4.69) is 10.1 Å². The Morgan fingerprint density at radius 3 is 2.64 bits per heavy atom. The van der Waals surface area contributed by atoms with Gasteiger partial charge in [0.2, 0.25) is 0 Å². The van der Waals surface area contributed by atoms with Crippen LogP contribution >= 0.6 is 0 Å². The van der Waals surface area contributed by atoms with Gasteiger partial charge in [-0.15, -0.1) is 0 Å². The Morgan fingerprint density at radius 2 is 2.36 bits per heavy atom. The Labute approximate surface area is 65.5 Å². The zero-order valence-corrected chi connectivity index (χ0v) is 6.59. The van der Waals surface area contributed by atoms with Gasteiger partial charge in [0.05, 0.1) is 19.3 Å². The van der Waals surface area contributed by atoms with Crippen molar-refractivity contribution in [2.75, 3.05) is 13.7 Å². The third-order valence-electron chi connectivity index (χ3n) is 2.17. The number of methoxy groups -OCH3 is 1. The highest BCUT2D eigenvalue weighted by atomic mass is 16.5. The first kappa shape index (κ1) is 8.33. The van der Waals surface area contributed by atoms with E-state index >= 15 is 0 Å². The van der Waals surface area contributed by atoms with Crippen LogP contribution in [-0.4, -0.2) is 30.5 Å². The van der Waals surface area contributed by atoms with Gasteiger partial charge in [-0.3, -0.25) is 0 Å². The molecule has 0 aliphatic heterocycles. The molecule has 0 bridgehead atoms. The van der Waals surface area contributed by atoms with Crippen molar-refractivity contribution in [3.8, 4) is 0 Å². The molecule has 0 heterocycles. The van der Waals surface area contributed by atoms with Crippen LogP contribution in [-0.2, 0) is 4.74 Å². The van der Waals surface area contributed by atoms with Gasteiger partial charge in [-0.1, -0.05) is 0 Å². The normalized spacial score (nSPS) is 20.2. The lowest BCUT2D eigenvalue weighted by Crippen LogP contribution is -2.56. The van der Waals surface area contributed by atoms with Crippen LogP contribution in [0.25, 0.3) is 0 Å². The summed E-state index contributed by atoms with van der Waals surface area (Å²) in [6, 6.07) is 0. The molecule has 11 heavy (non-hydrogen) atoms. The number of aliphatic hydroxyl groups excluding tert-OH is 1. The number of rotatable bonds is 2. The average molecular weight is 159 g/mol. The first-order valence-corrected chi connectivity index (χ1v) is 3.69. The molecule has 0 radical (unpaired) electrons. The first-order valence-electron chi connectivity index (χ1n) is 3.69. The smallest absolute Gasteiger partial charge is 0.407 e. The number of hydrogen-bond acceptors (Lipinski definition) is 3. The minimum atomic E-state index is -0.459. The minimum absolute atomic E-state index is 0.00208. The van der Waals surface area contributed by atoms with E-state index in [1.165, 1.54) is 7.11 Å². The molecule has 64 valence electrons. The summed E-state index contributed by atoms with van der Waals surface area (Å²) in [6.45, 7) is 0.00208. The molecule has 1 saturated carbocycles.